The molecule has 2 aromatic carbocycles. The summed E-state index contributed by atoms with van der Waals surface area (Å²) in [6.07, 6.45) is 1.51. The second-order valence-corrected chi connectivity index (χ2v) is 7.94. The van der Waals surface area contributed by atoms with E-state index in [-0.39, 0.29) is 24.5 Å². The number of carbonyl (C=O) groups is 3. The Morgan fingerprint density at radius 3 is 2.74 bits per heavy atom. The number of aryl methyl sites for hydroxylation is 1. The molecule has 2 heterocycles. The lowest BCUT2D eigenvalue weighted by molar-refractivity contribution is -0.136. The number of ketones is 1. The van der Waals surface area contributed by atoms with E-state index in [1.807, 2.05) is 12.1 Å². The zero-order chi connectivity index (χ0) is 22.0. The number of fused-ring (bicyclic) bond motifs is 1. The van der Waals surface area contributed by atoms with Crippen LogP contribution in [0.5, 0.6) is 0 Å². The summed E-state index contributed by atoms with van der Waals surface area (Å²) in [5.74, 6) is -0.832. The van der Waals surface area contributed by atoms with Crippen molar-refractivity contribution in [2.45, 2.75) is 38.1 Å². The second kappa shape index (κ2) is 8.77. The Morgan fingerprint density at radius 1 is 1.13 bits per heavy atom. The van der Waals surface area contributed by atoms with Gasteiger partial charge in [0, 0.05) is 24.3 Å². The number of rotatable bonds is 6. The van der Waals surface area contributed by atoms with Crippen LogP contribution in [0.3, 0.4) is 0 Å². The molecule has 1 aromatic heterocycles. The van der Waals surface area contributed by atoms with E-state index in [0.29, 0.717) is 35.2 Å². The van der Waals surface area contributed by atoms with E-state index in [0.717, 1.165) is 15.8 Å². The van der Waals surface area contributed by atoms with E-state index in [1.165, 1.54) is 0 Å². The molecule has 1 unspecified atom stereocenters. The number of hydrogen-bond acceptors (Lipinski definition) is 6. The molecule has 31 heavy (non-hydrogen) atoms. The summed E-state index contributed by atoms with van der Waals surface area (Å²) in [7, 11) is 0. The Hall–Kier alpha value is -3.39. The lowest BCUT2D eigenvalue weighted by atomic mass is 10.0. The van der Waals surface area contributed by atoms with E-state index >= 15 is 0 Å². The molecule has 1 aliphatic heterocycles. The van der Waals surface area contributed by atoms with Gasteiger partial charge in [-0.2, -0.15) is 4.68 Å². The van der Waals surface area contributed by atoms with Gasteiger partial charge in [0.15, 0.2) is 0 Å². The Bertz CT molecular complexity index is 1250. The zero-order valence-electron chi connectivity index (χ0n) is 16.5. The third-order valence-corrected chi connectivity index (χ3v) is 5.47. The van der Waals surface area contributed by atoms with Crippen molar-refractivity contribution < 1.29 is 14.4 Å². The van der Waals surface area contributed by atoms with Gasteiger partial charge in [-0.25, -0.2) is 0 Å². The van der Waals surface area contributed by atoms with Gasteiger partial charge in [-0.3, -0.25) is 24.5 Å². The number of nitrogens with zero attached hydrogens (tertiary/aromatic N) is 3. The van der Waals surface area contributed by atoms with E-state index in [2.05, 4.69) is 15.6 Å². The van der Waals surface area contributed by atoms with Gasteiger partial charge in [-0.05, 0) is 48.2 Å². The third-order valence-electron chi connectivity index (χ3n) is 5.24. The number of benzene rings is 2. The van der Waals surface area contributed by atoms with Crippen molar-refractivity contribution >= 4 is 40.1 Å². The van der Waals surface area contributed by atoms with Crippen LogP contribution in [0.4, 0.5) is 0 Å². The number of halogens is 1. The molecule has 0 saturated carbocycles. The lowest BCUT2D eigenvalue weighted by Gasteiger charge is -2.21. The van der Waals surface area contributed by atoms with Crippen LogP contribution in [0, 0.1) is 0 Å². The molecule has 0 aliphatic carbocycles. The number of carbonyl (C=O) groups excluding carboxylic acids is 3. The lowest BCUT2D eigenvalue weighted by Crippen LogP contribution is -2.45. The Morgan fingerprint density at radius 2 is 1.97 bits per heavy atom. The fourth-order valence-electron chi connectivity index (χ4n) is 3.62. The van der Waals surface area contributed by atoms with Gasteiger partial charge in [-0.1, -0.05) is 35.0 Å². The highest BCUT2D eigenvalue weighted by atomic mass is 35.5. The first-order valence-electron chi connectivity index (χ1n) is 9.88. The number of aromatic nitrogens is 3. The van der Waals surface area contributed by atoms with Crippen LogP contribution >= 0.6 is 11.6 Å². The average Bonchev–Trinajstić information content (AvgIpc) is 2.73. The summed E-state index contributed by atoms with van der Waals surface area (Å²) in [6.45, 7) is 0. The molecule has 8 nitrogen and oxygen atoms in total. The van der Waals surface area contributed by atoms with Crippen LogP contribution in [-0.2, 0) is 27.2 Å². The van der Waals surface area contributed by atoms with Crippen molar-refractivity contribution in [1.82, 2.24) is 20.3 Å². The van der Waals surface area contributed by atoms with Gasteiger partial charge < -0.3 is 0 Å². The molecule has 158 valence electrons. The van der Waals surface area contributed by atoms with Crippen LogP contribution < -0.4 is 10.9 Å². The minimum absolute atomic E-state index is 0.0849. The summed E-state index contributed by atoms with van der Waals surface area (Å²) in [6, 6.07) is 11.5. The highest BCUT2D eigenvalue weighted by Crippen LogP contribution is 2.18. The number of Topliss-reactive ketones (excluding diaryl/α,β-unsaturated/α-hetero) is 1. The molecule has 0 radical (unpaired) electrons. The molecule has 1 N–H and O–H groups in total. The van der Waals surface area contributed by atoms with Gasteiger partial charge in [0.2, 0.25) is 5.91 Å². The van der Waals surface area contributed by atoms with Crippen molar-refractivity contribution in [2.24, 2.45) is 0 Å². The Balaban J connectivity index is 1.47. The highest BCUT2D eigenvalue weighted by molar-refractivity contribution is 6.30. The van der Waals surface area contributed by atoms with Gasteiger partial charge in [-0.15, -0.1) is 5.10 Å². The maximum atomic E-state index is 12.8. The Labute approximate surface area is 182 Å². The van der Waals surface area contributed by atoms with E-state index in [1.54, 1.807) is 30.3 Å². The highest BCUT2D eigenvalue weighted by Gasteiger charge is 2.30. The molecular formula is C22H19ClN4O4. The average molecular weight is 439 g/mol. The van der Waals surface area contributed by atoms with Crippen molar-refractivity contribution in [3.8, 4) is 0 Å². The number of imide groups is 1. The number of hydrogen-bond donors (Lipinski definition) is 1. The van der Waals surface area contributed by atoms with Crippen LogP contribution in [0.25, 0.3) is 10.9 Å². The van der Waals surface area contributed by atoms with Crippen molar-refractivity contribution in [1.29, 1.82) is 0 Å². The van der Waals surface area contributed by atoms with E-state index < -0.39 is 17.5 Å². The second-order valence-electron chi connectivity index (χ2n) is 7.50. The van der Waals surface area contributed by atoms with Crippen LogP contribution in [0.1, 0.15) is 36.4 Å². The molecule has 1 atom stereocenters. The van der Waals surface area contributed by atoms with E-state index in [9.17, 15) is 19.2 Å². The maximum Gasteiger partial charge on any atom is 0.278 e. The molecule has 9 heteroatoms. The summed E-state index contributed by atoms with van der Waals surface area (Å²) in [4.78, 5) is 48.5. The molecule has 0 bridgehead atoms. The predicted molar refractivity (Wildman–Crippen MR) is 114 cm³/mol. The molecule has 2 amide bonds. The predicted octanol–water partition coefficient (Wildman–Crippen LogP) is 2.17. The first-order chi connectivity index (χ1) is 14.9. The SMILES string of the molecule is O=C(CCc1ccc2c(=O)n(C3CCC(=O)NC3=O)nnc2c1)Cc1cccc(Cl)c1. The minimum atomic E-state index is -0.856. The van der Waals surface area contributed by atoms with Gasteiger partial charge in [0.05, 0.1) is 5.39 Å². The zero-order valence-corrected chi connectivity index (χ0v) is 17.3. The molecule has 1 aliphatic rings. The standard InChI is InChI=1S/C22H19ClN4O4/c23-15-3-1-2-14(10-15)11-16(28)6-4-13-5-7-17-18(12-13)25-26-27(22(17)31)19-8-9-20(29)24-21(19)30/h1-3,5,7,10,12,19H,4,6,8-9,11H2,(H,24,29,30). The quantitative estimate of drug-likeness (QED) is 0.590. The molecule has 3 aromatic rings. The Kier molecular flexibility index (Phi) is 5.90. The first-order valence-corrected chi connectivity index (χ1v) is 10.3. The fraction of sp³-hybridized carbons (Fsp3) is 0.273. The van der Waals surface area contributed by atoms with E-state index in [4.69, 9.17) is 11.6 Å². The summed E-state index contributed by atoms with van der Waals surface area (Å²) in [5, 5.41) is 11.1. The topological polar surface area (TPSA) is 111 Å². The van der Waals surface area contributed by atoms with Crippen molar-refractivity contribution in [2.75, 3.05) is 0 Å². The molecule has 4 rings (SSSR count). The number of amides is 2. The van der Waals surface area contributed by atoms with Crippen LogP contribution in [-0.4, -0.2) is 32.6 Å². The molecular weight excluding hydrogens is 420 g/mol. The third kappa shape index (κ3) is 4.69. The minimum Gasteiger partial charge on any atom is -0.299 e. The smallest absolute Gasteiger partial charge is 0.278 e. The molecule has 0 spiro atoms. The maximum absolute atomic E-state index is 12.8. The summed E-state index contributed by atoms with van der Waals surface area (Å²) in [5.41, 5.74) is 1.69. The normalized spacial score (nSPS) is 16.4. The molecule has 1 saturated heterocycles. The van der Waals surface area contributed by atoms with Gasteiger partial charge in [0.25, 0.3) is 11.5 Å². The first kappa shape index (κ1) is 20.9. The largest absolute Gasteiger partial charge is 0.299 e. The number of nitrogens with one attached hydrogen (secondary N) is 1. The van der Waals surface area contributed by atoms with Crippen molar-refractivity contribution in [3.63, 3.8) is 0 Å². The van der Waals surface area contributed by atoms with Crippen LogP contribution in [0.2, 0.25) is 5.02 Å². The number of piperidine rings is 1. The van der Waals surface area contributed by atoms with Gasteiger partial charge in [0.1, 0.15) is 17.3 Å². The summed E-state index contributed by atoms with van der Waals surface area (Å²) >= 11 is 5.96. The summed E-state index contributed by atoms with van der Waals surface area (Å²) < 4.78 is 1.03. The molecule has 1 fully saturated rings. The fourth-order valence-corrected chi connectivity index (χ4v) is 3.84. The van der Waals surface area contributed by atoms with Crippen LogP contribution in [0.15, 0.2) is 47.3 Å². The monoisotopic (exact) mass is 438 g/mol. The van der Waals surface area contributed by atoms with Gasteiger partial charge >= 0.3 is 0 Å². The van der Waals surface area contributed by atoms with Crippen molar-refractivity contribution in [3.05, 3.63) is 69.0 Å².